The molecule has 0 atom stereocenters. The normalized spacial score (nSPS) is 12.6. The first-order chi connectivity index (χ1) is 14.0. The maximum atomic E-state index is 11.4. The summed E-state index contributed by atoms with van der Waals surface area (Å²) in [5, 5.41) is 3.90. The fourth-order valence-electron chi connectivity index (χ4n) is 3.54. The van der Waals surface area contributed by atoms with E-state index in [1.807, 2.05) is 34.8 Å². The molecule has 30 heavy (non-hydrogen) atoms. The molecule has 2 aromatic carbocycles. The van der Waals surface area contributed by atoms with Gasteiger partial charge in [-0.25, -0.2) is 0 Å². The second-order valence-corrected chi connectivity index (χ2v) is 42.4. The monoisotopic (exact) mass is 652 g/mol. The van der Waals surface area contributed by atoms with Crippen LogP contribution in [0.2, 0.25) is 29.6 Å². The summed E-state index contributed by atoms with van der Waals surface area (Å²) in [4.78, 5) is 24.4. The van der Waals surface area contributed by atoms with Crippen LogP contribution in [-0.4, -0.2) is 52.2 Å². The molecule has 0 unspecified atom stereocenters. The van der Waals surface area contributed by atoms with Crippen molar-refractivity contribution in [1.82, 2.24) is 0 Å². The van der Waals surface area contributed by atoms with Crippen molar-refractivity contribution in [3.63, 3.8) is 0 Å². The Morgan fingerprint density at radius 1 is 0.800 bits per heavy atom. The summed E-state index contributed by atoms with van der Waals surface area (Å²) >= 11 is -0.992. The van der Waals surface area contributed by atoms with Gasteiger partial charge in [0.15, 0.2) is 0 Å². The van der Waals surface area contributed by atoms with Gasteiger partial charge in [0.25, 0.3) is 0 Å². The third-order valence-electron chi connectivity index (χ3n) is 5.08. The molecular weight excluding hydrogens is 627 g/mol. The molecule has 0 amide bonds. The van der Waals surface area contributed by atoms with Crippen LogP contribution in [-0.2, 0) is 9.51 Å². The van der Waals surface area contributed by atoms with Crippen molar-refractivity contribution in [3.8, 4) is 11.5 Å². The summed E-state index contributed by atoms with van der Waals surface area (Å²) in [7, 11) is 5.80. The van der Waals surface area contributed by atoms with Crippen molar-refractivity contribution in [2.24, 2.45) is 0 Å². The van der Waals surface area contributed by atoms with Gasteiger partial charge in [-0.2, -0.15) is 0 Å². The summed E-state index contributed by atoms with van der Waals surface area (Å²) in [5.41, 5.74) is 0. The Hall–Kier alpha value is -0.293. The average Bonchev–Trinajstić information content (AvgIpc) is 3.25. The van der Waals surface area contributed by atoms with Crippen LogP contribution in [0.3, 0.4) is 0 Å². The zero-order valence-corrected chi connectivity index (χ0v) is 25.3. The van der Waals surface area contributed by atoms with Crippen LogP contribution < -0.4 is 15.3 Å². The Kier molecular flexibility index (Phi) is 6.29. The fraction of sp³-hybridized carbons (Fsp3) is 0.300. The molecule has 4 rings (SSSR count). The van der Waals surface area contributed by atoms with E-state index in [4.69, 9.17) is 17.6 Å². The second-order valence-electron chi connectivity index (χ2n) is 9.45. The van der Waals surface area contributed by atoms with E-state index in [1.165, 1.54) is 5.79 Å². The Morgan fingerprint density at radius 2 is 1.27 bits per heavy atom. The SMILES string of the molecule is [B]OOc1cc2c[c]([Sn]([CH3])([CH3])[CH3])sc2c2c(OB=O)cc3c[c]([Sn]([CH3])([CH3])[CH3])sc3c12. The zero-order chi connectivity index (χ0) is 21.8. The Balaban J connectivity index is 2.21. The molecule has 2 heterocycles. The standard InChI is InChI=1S/C14H4B2O4S2.6CH3.2Sn/c15-20-19-10-6-8-2-4-21-13(8)11-9(18-16-17)5-7-1-3-22-14(7)12(10)11;;;;;;;;/h1-2,5-6H;6*1H3;;. The molecule has 4 aromatic rings. The third-order valence-corrected chi connectivity index (χ3v) is 26.3. The Bertz CT molecular complexity index is 1270. The van der Waals surface area contributed by atoms with Gasteiger partial charge in [0.2, 0.25) is 0 Å². The number of hydrogen-bond acceptors (Lipinski definition) is 6. The van der Waals surface area contributed by atoms with E-state index in [-0.39, 0.29) is 0 Å². The number of rotatable bonds is 6. The van der Waals surface area contributed by atoms with Crippen molar-refractivity contribution in [1.29, 1.82) is 0 Å². The Labute approximate surface area is 194 Å². The summed E-state index contributed by atoms with van der Waals surface area (Å²) < 4.78 is 22.0. The molecule has 0 saturated heterocycles. The van der Waals surface area contributed by atoms with Crippen LogP contribution in [0, 0.1) is 0 Å². The van der Waals surface area contributed by atoms with Gasteiger partial charge in [-0.15, -0.1) is 0 Å². The van der Waals surface area contributed by atoms with Gasteiger partial charge in [0, 0.05) is 0 Å². The molecule has 2 radical (unpaired) electrons. The molecule has 0 bridgehead atoms. The predicted octanol–water partition coefficient (Wildman–Crippen LogP) is 5.10. The van der Waals surface area contributed by atoms with Gasteiger partial charge < -0.3 is 0 Å². The molecule has 4 nitrogen and oxygen atoms in total. The van der Waals surface area contributed by atoms with E-state index < -0.39 is 36.8 Å². The number of hydrogen-bond donors (Lipinski definition) is 0. The summed E-state index contributed by atoms with van der Waals surface area (Å²) in [6.45, 7) is 0. The van der Waals surface area contributed by atoms with Crippen LogP contribution in [0.25, 0.3) is 30.9 Å². The second kappa shape index (κ2) is 8.24. The average molecular weight is 650 g/mol. The van der Waals surface area contributed by atoms with Gasteiger partial charge in [-0.3, -0.25) is 0 Å². The minimum absolute atomic E-state index is 0.493. The number of benzene rings is 2. The van der Waals surface area contributed by atoms with Crippen LogP contribution in [0.1, 0.15) is 0 Å². The molecule has 0 aliphatic rings. The molecule has 0 fully saturated rings. The van der Waals surface area contributed by atoms with Crippen molar-refractivity contribution < 1.29 is 19.1 Å². The van der Waals surface area contributed by atoms with Gasteiger partial charge in [-0.05, 0) is 0 Å². The van der Waals surface area contributed by atoms with Crippen LogP contribution >= 0.6 is 22.7 Å². The first kappa shape index (κ1) is 22.9. The van der Waals surface area contributed by atoms with Crippen LogP contribution in [0.15, 0.2) is 24.3 Å². The fourth-order valence-corrected chi connectivity index (χ4v) is 16.4. The molecule has 0 aliphatic carbocycles. The molecule has 0 N–H and O–H groups in total. The van der Waals surface area contributed by atoms with Crippen LogP contribution in [0.4, 0.5) is 0 Å². The topological polar surface area (TPSA) is 44.8 Å². The molecule has 152 valence electrons. The van der Waals surface area contributed by atoms with Gasteiger partial charge in [-0.1, -0.05) is 0 Å². The quantitative estimate of drug-likeness (QED) is 0.166. The third kappa shape index (κ3) is 4.07. The Morgan fingerprint density at radius 3 is 1.70 bits per heavy atom. The maximum absolute atomic E-state index is 11.4. The minimum atomic E-state index is -2.31. The van der Waals surface area contributed by atoms with Gasteiger partial charge >= 0.3 is 196 Å². The van der Waals surface area contributed by atoms with Gasteiger partial charge in [0.05, 0.1) is 0 Å². The van der Waals surface area contributed by atoms with Crippen molar-refractivity contribution in [2.75, 3.05) is 0 Å². The molecular formula is C20H22B2O4S2Sn2. The summed E-state index contributed by atoms with van der Waals surface area (Å²) in [6.07, 6.45) is 0. The summed E-state index contributed by atoms with van der Waals surface area (Å²) in [5.74, 6) is 1.10. The molecule has 2 aromatic heterocycles. The molecule has 10 heteroatoms. The summed E-state index contributed by atoms with van der Waals surface area (Å²) in [6, 6.07) is 8.47. The molecule has 0 spiro atoms. The van der Waals surface area contributed by atoms with E-state index in [2.05, 4.69) is 46.6 Å². The molecule has 0 aliphatic heterocycles. The van der Waals surface area contributed by atoms with E-state index >= 15 is 0 Å². The van der Waals surface area contributed by atoms with E-state index in [9.17, 15) is 4.70 Å². The van der Waals surface area contributed by atoms with Crippen LogP contribution in [0.5, 0.6) is 11.5 Å². The van der Waals surface area contributed by atoms with E-state index in [0.717, 1.165) is 30.9 Å². The first-order valence-electron chi connectivity index (χ1n) is 9.66. The number of thiophene rings is 2. The van der Waals surface area contributed by atoms with Crippen molar-refractivity contribution in [2.45, 2.75) is 29.6 Å². The number of fused-ring (bicyclic) bond motifs is 5. The molecule has 0 saturated carbocycles. The first-order valence-corrected chi connectivity index (χ1v) is 31.3. The van der Waals surface area contributed by atoms with E-state index in [1.54, 1.807) is 0 Å². The zero-order valence-electron chi connectivity index (χ0n) is 17.9. The predicted molar refractivity (Wildman–Crippen MR) is 135 cm³/mol. The van der Waals surface area contributed by atoms with Crippen molar-refractivity contribution in [3.05, 3.63) is 24.3 Å². The van der Waals surface area contributed by atoms with E-state index in [0.29, 0.717) is 18.9 Å². The van der Waals surface area contributed by atoms with Gasteiger partial charge in [0.1, 0.15) is 0 Å². The van der Waals surface area contributed by atoms with Crippen molar-refractivity contribution >= 4 is 112 Å².